The van der Waals surface area contributed by atoms with E-state index >= 15 is 0 Å². The summed E-state index contributed by atoms with van der Waals surface area (Å²) in [4.78, 5) is 16.0. The Hall–Kier alpha value is -2.45. The van der Waals surface area contributed by atoms with Crippen molar-refractivity contribution in [1.82, 2.24) is 14.9 Å². The lowest BCUT2D eigenvalue weighted by Crippen LogP contribution is -2.33. The highest BCUT2D eigenvalue weighted by Crippen LogP contribution is 2.37. The maximum Gasteiger partial charge on any atom is 0.237 e. The Morgan fingerprint density at radius 2 is 1.93 bits per heavy atom. The van der Waals surface area contributed by atoms with Crippen molar-refractivity contribution in [2.75, 3.05) is 23.0 Å². The van der Waals surface area contributed by atoms with Crippen LogP contribution in [0.2, 0.25) is 0 Å². The van der Waals surface area contributed by atoms with Crippen molar-refractivity contribution in [3.8, 4) is 11.4 Å². The summed E-state index contributed by atoms with van der Waals surface area (Å²) in [6, 6.07) is 17.7. The van der Waals surface area contributed by atoms with E-state index in [0.717, 1.165) is 29.1 Å². The number of benzene rings is 2. The monoisotopic (exact) mass is 411 g/mol. The molecule has 2 heterocycles. The summed E-state index contributed by atoms with van der Waals surface area (Å²) in [6.07, 6.45) is 0.959. The smallest absolute Gasteiger partial charge is 0.237 e. The highest BCUT2D eigenvalue weighted by molar-refractivity contribution is 8.00. The summed E-state index contributed by atoms with van der Waals surface area (Å²) >= 11 is 3.14. The zero-order chi connectivity index (χ0) is 19.5. The summed E-state index contributed by atoms with van der Waals surface area (Å²) in [6.45, 7) is 2.92. The second-order valence-corrected chi connectivity index (χ2v) is 8.98. The molecule has 0 saturated heterocycles. The van der Waals surface area contributed by atoms with Crippen LogP contribution >= 0.6 is 23.5 Å². The number of fused-ring (bicyclic) bond motifs is 1. The Labute approximate surface area is 172 Å². The van der Waals surface area contributed by atoms with Crippen LogP contribution in [0, 0.1) is 0 Å². The molecule has 1 unspecified atom stereocenters. The lowest BCUT2D eigenvalue weighted by Gasteiger charge is -2.22. The van der Waals surface area contributed by atoms with Crippen molar-refractivity contribution in [2.45, 2.75) is 28.6 Å². The summed E-state index contributed by atoms with van der Waals surface area (Å²) in [5.74, 6) is 7.06. The van der Waals surface area contributed by atoms with Crippen LogP contribution in [0.4, 0.5) is 5.69 Å². The minimum Gasteiger partial charge on any atom is -0.335 e. The first kappa shape index (κ1) is 18.9. The van der Waals surface area contributed by atoms with Gasteiger partial charge in [-0.1, -0.05) is 61.2 Å². The van der Waals surface area contributed by atoms with Crippen LogP contribution < -0.4 is 10.7 Å². The number of hydrogen-bond acceptors (Lipinski definition) is 6. The average Bonchev–Trinajstić information content (AvgIpc) is 2.99. The van der Waals surface area contributed by atoms with Crippen molar-refractivity contribution in [3.63, 3.8) is 0 Å². The maximum atomic E-state index is 13.0. The molecule has 144 valence electrons. The standard InChI is InChI=1S/C20H21N5OS2/c1-14-11-12-24(16-9-5-6-10-17(16)28-14)18(26)13-27-20-23-22-19(25(20)21)15-7-3-2-4-8-15/h2-10,14H,11-13,21H2,1H3. The van der Waals surface area contributed by atoms with Gasteiger partial charge < -0.3 is 10.7 Å². The van der Waals surface area contributed by atoms with Gasteiger partial charge in [-0.05, 0) is 18.6 Å². The van der Waals surface area contributed by atoms with Gasteiger partial charge in [0.1, 0.15) is 0 Å². The lowest BCUT2D eigenvalue weighted by atomic mass is 10.2. The zero-order valence-electron chi connectivity index (χ0n) is 15.5. The number of nitrogens with two attached hydrogens (primary N) is 1. The largest absolute Gasteiger partial charge is 0.335 e. The molecule has 0 saturated carbocycles. The van der Waals surface area contributed by atoms with Gasteiger partial charge in [0.15, 0.2) is 5.82 Å². The van der Waals surface area contributed by atoms with E-state index in [1.165, 1.54) is 16.4 Å². The molecule has 1 aromatic heterocycles. The molecule has 6 nitrogen and oxygen atoms in total. The minimum absolute atomic E-state index is 0.0522. The maximum absolute atomic E-state index is 13.0. The summed E-state index contributed by atoms with van der Waals surface area (Å²) in [5.41, 5.74) is 1.88. The van der Waals surface area contributed by atoms with Crippen molar-refractivity contribution in [1.29, 1.82) is 0 Å². The van der Waals surface area contributed by atoms with Crippen molar-refractivity contribution >= 4 is 35.1 Å². The molecule has 1 amide bonds. The molecule has 0 aliphatic carbocycles. The molecule has 2 N–H and O–H groups in total. The molecule has 28 heavy (non-hydrogen) atoms. The fraction of sp³-hybridized carbons (Fsp3) is 0.250. The Kier molecular flexibility index (Phi) is 5.59. The number of carbonyl (C=O) groups is 1. The molecular weight excluding hydrogens is 390 g/mol. The molecule has 2 aromatic carbocycles. The number of amides is 1. The molecule has 0 fully saturated rings. The Morgan fingerprint density at radius 1 is 1.18 bits per heavy atom. The number of rotatable bonds is 4. The van der Waals surface area contributed by atoms with Gasteiger partial charge in [0.05, 0.1) is 11.4 Å². The van der Waals surface area contributed by atoms with Crippen molar-refractivity contribution < 1.29 is 4.79 Å². The van der Waals surface area contributed by atoms with Gasteiger partial charge in [-0.2, -0.15) is 0 Å². The van der Waals surface area contributed by atoms with Gasteiger partial charge in [0.25, 0.3) is 0 Å². The fourth-order valence-corrected chi connectivity index (χ4v) is 4.96. The number of nitrogens with zero attached hydrogens (tertiary/aromatic N) is 4. The van der Waals surface area contributed by atoms with Gasteiger partial charge in [0, 0.05) is 22.3 Å². The second-order valence-electron chi connectivity index (χ2n) is 6.56. The van der Waals surface area contributed by atoms with Crippen molar-refractivity contribution in [2.24, 2.45) is 0 Å². The average molecular weight is 412 g/mol. The van der Waals surface area contributed by atoms with E-state index in [-0.39, 0.29) is 11.7 Å². The zero-order valence-corrected chi connectivity index (χ0v) is 17.1. The van der Waals surface area contributed by atoms with E-state index in [2.05, 4.69) is 23.2 Å². The number of anilines is 1. The second kappa shape index (κ2) is 8.28. The van der Waals surface area contributed by atoms with E-state index in [4.69, 9.17) is 5.84 Å². The minimum atomic E-state index is 0.0522. The number of aromatic nitrogens is 3. The molecule has 1 aliphatic rings. The van der Waals surface area contributed by atoms with E-state index in [1.54, 1.807) is 0 Å². The van der Waals surface area contributed by atoms with Crippen LogP contribution in [-0.2, 0) is 4.79 Å². The van der Waals surface area contributed by atoms with E-state index in [0.29, 0.717) is 16.2 Å². The number of hydrogen-bond donors (Lipinski definition) is 1. The van der Waals surface area contributed by atoms with Crippen LogP contribution in [0.5, 0.6) is 0 Å². The normalized spacial score (nSPS) is 16.5. The third kappa shape index (κ3) is 3.88. The first-order valence-corrected chi connectivity index (χ1v) is 10.9. The van der Waals surface area contributed by atoms with Crippen LogP contribution in [0.15, 0.2) is 64.6 Å². The Bertz CT molecular complexity index is 976. The lowest BCUT2D eigenvalue weighted by molar-refractivity contribution is -0.116. The topological polar surface area (TPSA) is 77.0 Å². The fourth-order valence-electron chi connectivity index (χ4n) is 3.11. The molecule has 1 aliphatic heterocycles. The highest BCUT2D eigenvalue weighted by atomic mass is 32.2. The first-order valence-electron chi connectivity index (χ1n) is 9.08. The van der Waals surface area contributed by atoms with Crippen molar-refractivity contribution in [3.05, 3.63) is 54.6 Å². The molecule has 0 bridgehead atoms. The van der Waals surface area contributed by atoms with Crippen LogP contribution in [0.25, 0.3) is 11.4 Å². The predicted octanol–water partition coefficient (Wildman–Crippen LogP) is 3.67. The van der Waals surface area contributed by atoms with Gasteiger partial charge in [-0.15, -0.1) is 22.0 Å². The Morgan fingerprint density at radius 3 is 2.75 bits per heavy atom. The highest BCUT2D eigenvalue weighted by Gasteiger charge is 2.24. The molecule has 0 spiro atoms. The third-order valence-electron chi connectivity index (χ3n) is 4.57. The SMILES string of the molecule is CC1CCN(C(=O)CSc2nnc(-c3ccccc3)n2N)c2ccccc2S1. The molecule has 4 rings (SSSR count). The third-order valence-corrected chi connectivity index (χ3v) is 6.73. The quantitative estimate of drug-likeness (QED) is 0.521. The number of thioether (sulfide) groups is 2. The van der Waals surface area contributed by atoms with Gasteiger partial charge >= 0.3 is 0 Å². The van der Waals surface area contributed by atoms with Gasteiger partial charge in [0.2, 0.25) is 11.1 Å². The van der Waals surface area contributed by atoms with Gasteiger partial charge in [-0.3, -0.25) is 4.79 Å². The summed E-state index contributed by atoms with van der Waals surface area (Å²) in [7, 11) is 0. The van der Waals surface area contributed by atoms with Crippen LogP contribution in [-0.4, -0.2) is 38.3 Å². The van der Waals surface area contributed by atoms with Crippen LogP contribution in [0.1, 0.15) is 13.3 Å². The van der Waals surface area contributed by atoms with E-state index in [9.17, 15) is 4.79 Å². The van der Waals surface area contributed by atoms with E-state index < -0.39 is 0 Å². The number of nitrogen functional groups attached to an aromatic ring is 1. The Balaban J connectivity index is 1.49. The summed E-state index contributed by atoms with van der Waals surface area (Å²) in [5, 5.41) is 9.34. The first-order chi connectivity index (χ1) is 13.6. The predicted molar refractivity (Wildman–Crippen MR) is 115 cm³/mol. The molecule has 8 heteroatoms. The molecule has 3 aromatic rings. The molecule has 0 radical (unpaired) electrons. The molecule has 1 atom stereocenters. The molecular formula is C20H21N5OS2. The van der Waals surface area contributed by atoms with Crippen LogP contribution in [0.3, 0.4) is 0 Å². The summed E-state index contributed by atoms with van der Waals surface area (Å²) < 4.78 is 1.45. The number of para-hydroxylation sites is 1. The van der Waals surface area contributed by atoms with E-state index in [1.807, 2.05) is 65.2 Å². The van der Waals surface area contributed by atoms with Gasteiger partial charge in [-0.25, -0.2) is 4.68 Å². The number of carbonyl (C=O) groups excluding carboxylic acids is 1.